The summed E-state index contributed by atoms with van der Waals surface area (Å²) in [4.78, 5) is 32.5. The summed E-state index contributed by atoms with van der Waals surface area (Å²) >= 11 is 0. The highest BCUT2D eigenvalue weighted by Crippen LogP contribution is 2.06. The first kappa shape index (κ1) is 14.8. The molecular formula is C10H12O7. The van der Waals surface area contributed by atoms with Crippen LogP contribution >= 0.6 is 0 Å². The molecule has 17 heavy (non-hydrogen) atoms. The van der Waals surface area contributed by atoms with Gasteiger partial charge in [-0.3, -0.25) is 0 Å². The molecule has 0 rings (SSSR count). The first-order valence-electron chi connectivity index (χ1n) is 4.46. The van der Waals surface area contributed by atoms with E-state index in [4.69, 9.17) is 10.2 Å². The summed E-state index contributed by atoms with van der Waals surface area (Å²) in [5, 5.41) is 17.6. The van der Waals surface area contributed by atoms with E-state index in [0.717, 1.165) is 12.2 Å². The molecule has 7 heteroatoms. The van der Waals surface area contributed by atoms with Gasteiger partial charge in [0.1, 0.15) is 0 Å². The van der Waals surface area contributed by atoms with E-state index in [9.17, 15) is 14.4 Å². The number of carbonyl (C=O) groups is 3. The minimum Gasteiger partial charge on any atom is -0.478 e. The molecule has 0 aromatic heterocycles. The van der Waals surface area contributed by atoms with Gasteiger partial charge in [0.05, 0.1) is 6.61 Å². The molecule has 0 aromatic carbocycles. The lowest BCUT2D eigenvalue weighted by molar-refractivity contribution is -0.177. The Morgan fingerprint density at radius 1 is 1.12 bits per heavy atom. The van der Waals surface area contributed by atoms with Crippen molar-refractivity contribution in [3.63, 3.8) is 0 Å². The van der Waals surface area contributed by atoms with Crippen LogP contribution in [0.2, 0.25) is 0 Å². The minimum atomic E-state index is -1.81. The van der Waals surface area contributed by atoms with Gasteiger partial charge in [0, 0.05) is 12.2 Å². The first-order chi connectivity index (χ1) is 7.96. The monoisotopic (exact) mass is 244 g/mol. The summed E-state index contributed by atoms with van der Waals surface area (Å²) in [6.07, 6.45) is -1.78. The number of esters is 2. The van der Waals surface area contributed by atoms with Gasteiger partial charge in [-0.05, 0) is 0 Å². The third kappa shape index (κ3) is 4.94. The zero-order valence-corrected chi connectivity index (χ0v) is 8.87. The summed E-state index contributed by atoms with van der Waals surface area (Å²) < 4.78 is 8.95. The Kier molecular flexibility index (Phi) is 6.27. The zero-order chi connectivity index (χ0) is 13.4. The Labute approximate surface area is 96.9 Å². The number of aliphatic carboxylic acids is 1. The molecule has 0 saturated carbocycles. The van der Waals surface area contributed by atoms with Gasteiger partial charge in [0.15, 0.2) is 6.10 Å². The molecule has 0 aliphatic carbocycles. The molecule has 0 saturated heterocycles. The van der Waals surface area contributed by atoms with Crippen LogP contribution in [0.25, 0.3) is 0 Å². The topological polar surface area (TPSA) is 110 Å². The van der Waals surface area contributed by atoms with Crippen LogP contribution < -0.4 is 0 Å². The molecule has 0 heterocycles. The molecule has 0 bridgehead atoms. The number of carbonyl (C=O) groups excluding carboxylic acids is 2. The number of hydrogen-bond donors (Lipinski definition) is 2. The molecule has 0 aromatic rings. The highest BCUT2D eigenvalue weighted by atomic mass is 16.6. The van der Waals surface area contributed by atoms with Crippen molar-refractivity contribution in [1.82, 2.24) is 0 Å². The Balaban J connectivity index is 4.79. The summed E-state index contributed by atoms with van der Waals surface area (Å²) in [5.41, 5.74) is 0. The molecule has 7 nitrogen and oxygen atoms in total. The van der Waals surface area contributed by atoms with E-state index in [2.05, 4.69) is 22.6 Å². The maximum absolute atomic E-state index is 10.9. The fourth-order valence-electron chi connectivity index (χ4n) is 0.851. The van der Waals surface area contributed by atoms with Gasteiger partial charge in [-0.15, -0.1) is 0 Å². The van der Waals surface area contributed by atoms with E-state index in [1.54, 1.807) is 0 Å². The smallest absolute Gasteiger partial charge is 0.349 e. The molecule has 2 atom stereocenters. The largest absolute Gasteiger partial charge is 0.478 e. The van der Waals surface area contributed by atoms with E-state index < -0.39 is 36.7 Å². The average molecular weight is 244 g/mol. The van der Waals surface area contributed by atoms with Crippen molar-refractivity contribution in [2.45, 2.75) is 12.2 Å². The van der Waals surface area contributed by atoms with Crippen molar-refractivity contribution in [2.24, 2.45) is 0 Å². The summed E-state index contributed by atoms with van der Waals surface area (Å²) in [7, 11) is 0. The average Bonchev–Trinajstić information content (AvgIpc) is 2.32. The van der Waals surface area contributed by atoms with Crippen LogP contribution in [-0.2, 0) is 23.9 Å². The first-order valence-corrected chi connectivity index (χ1v) is 4.46. The Morgan fingerprint density at radius 3 is 1.94 bits per heavy atom. The van der Waals surface area contributed by atoms with Gasteiger partial charge in [0.25, 0.3) is 0 Å². The van der Waals surface area contributed by atoms with Crippen LogP contribution in [0.1, 0.15) is 0 Å². The number of hydrogen-bond acceptors (Lipinski definition) is 6. The van der Waals surface area contributed by atoms with Crippen molar-refractivity contribution in [3.8, 4) is 0 Å². The molecule has 2 unspecified atom stereocenters. The van der Waals surface area contributed by atoms with Gasteiger partial charge < -0.3 is 19.7 Å². The van der Waals surface area contributed by atoms with Crippen LogP contribution in [0.4, 0.5) is 0 Å². The Morgan fingerprint density at radius 2 is 1.59 bits per heavy atom. The van der Waals surface area contributed by atoms with Gasteiger partial charge in [-0.2, -0.15) is 0 Å². The van der Waals surface area contributed by atoms with Gasteiger partial charge in [0.2, 0.25) is 6.10 Å². The maximum atomic E-state index is 10.9. The van der Waals surface area contributed by atoms with E-state index in [1.807, 2.05) is 0 Å². The second-order valence-electron chi connectivity index (χ2n) is 2.76. The lowest BCUT2D eigenvalue weighted by Crippen LogP contribution is -2.42. The third-order valence-corrected chi connectivity index (χ3v) is 1.60. The number of ether oxygens (including phenoxy) is 2. The number of rotatable bonds is 7. The fourth-order valence-corrected chi connectivity index (χ4v) is 0.851. The van der Waals surface area contributed by atoms with Crippen LogP contribution in [0.3, 0.4) is 0 Å². The van der Waals surface area contributed by atoms with Crippen molar-refractivity contribution in [1.29, 1.82) is 0 Å². The lowest BCUT2D eigenvalue weighted by atomic mass is 10.2. The molecule has 0 aliphatic heterocycles. The van der Waals surface area contributed by atoms with Crippen molar-refractivity contribution in [3.05, 3.63) is 25.3 Å². The molecule has 0 amide bonds. The van der Waals surface area contributed by atoms with Crippen molar-refractivity contribution in [2.75, 3.05) is 6.61 Å². The number of aliphatic hydroxyl groups is 1. The van der Waals surface area contributed by atoms with Gasteiger partial charge in [-0.1, -0.05) is 13.2 Å². The van der Waals surface area contributed by atoms with E-state index in [0.29, 0.717) is 0 Å². The minimum absolute atomic E-state index is 0.750. The standard InChI is InChI=1S/C10H12O7/c1-3-7(12)16-6(5-11)9(10(14)15)17-8(13)4-2/h3-4,6,9,11H,1-2,5H2,(H,14,15). The van der Waals surface area contributed by atoms with Crippen molar-refractivity contribution < 1.29 is 34.1 Å². The van der Waals surface area contributed by atoms with Crippen LogP contribution in [0.15, 0.2) is 25.3 Å². The number of carboxylic acids is 1. The quantitative estimate of drug-likeness (QED) is 0.448. The molecule has 0 spiro atoms. The van der Waals surface area contributed by atoms with Gasteiger partial charge in [-0.25, -0.2) is 14.4 Å². The lowest BCUT2D eigenvalue weighted by Gasteiger charge is -2.21. The van der Waals surface area contributed by atoms with E-state index in [-0.39, 0.29) is 0 Å². The molecule has 2 N–H and O–H groups in total. The second kappa shape index (κ2) is 7.18. The maximum Gasteiger partial charge on any atom is 0.349 e. The van der Waals surface area contributed by atoms with E-state index >= 15 is 0 Å². The normalized spacial score (nSPS) is 13.0. The number of carboxylic acid groups (broad SMARTS) is 1. The number of aliphatic hydroxyl groups excluding tert-OH is 1. The fraction of sp³-hybridized carbons (Fsp3) is 0.300. The predicted molar refractivity (Wildman–Crippen MR) is 54.9 cm³/mol. The predicted octanol–water partition coefficient (Wildman–Crippen LogP) is -0.741. The third-order valence-electron chi connectivity index (χ3n) is 1.60. The SMILES string of the molecule is C=CC(=O)OC(CO)C(OC(=O)C=C)C(=O)O. The molecule has 0 radical (unpaired) electrons. The summed E-state index contributed by atoms with van der Waals surface area (Å²) in [6, 6.07) is 0. The van der Waals surface area contributed by atoms with Crippen molar-refractivity contribution >= 4 is 17.9 Å². The van der Waals surface area contributed by atoms with Gasteiger partial charge >= 0.3 is 17.9 Å². The second-order valence-corrected chi connectivity index (χ2v) is 2.76. The Bertz CT molecular complexity index is 334. The zero-order valence-electron chi connectivity index (χ0n) is 8.87. The Hall–Kier alpha value is -2.15. The summed E-state index contributed by atoms with van der Waals surface area (Å²) in [6.45, 7) is 5.36. The molecule has 0 aliphatic rings. The molecule has 94 valence electrons. The summed E-state index contributed by atoms with van der Waals surface area (Å²) in [5.74, 6) is -3.51. The van der Waals surface area contributed by atoms with Crippen LogP contribution in [0, 0.1) is 0 Å². The highest BCUT2D eigenvalue weighted by molar-refractivity contribution is 5.85. The molecule has 0 fully saturated rings. The van der Waals surface area contributed by atoms with E-state index in [1.165, 1.54) is 0 Å². The molecular weight excluding hydrogens is 232 g/mol. The van der Waals surface area contributed by atoms with Crippen LogP contribution in [-0.4, -0.2) is 46.9 Å². The highest BCUT2D eigenvalue weighted by Gasteiger charge is 2.33. The van der Waals surface area contributed by atoms with Crippen LogP contribution in [0.5, 0.6) is 0 Å².